The fourth-order valence-electron chi connectivity index (χ4n) is 1.58. The maximum absolute atomic E-state index is 11.4. The lowest BCUT2D eigenvalue weighted by atomic mass is 10.4. The van der Waals surface area contributed by atoms with Crippen LogP contribution in [-0.4, -0.2) is 40.6 Å². The van der Waals surface area contributed by atoms with E-state index in [9.17, 15) is 9.36 Å². The summed E-state index contributed by atoms with van der Waals surface area (Å²) in [6, 6.07) is 0. The molecule has 2 aromatic heterocycles. The van der Waals surface area contributed by atoms with E-state index in [4.69, 9.17) is 9.79 Å². The lowest BCUT2D eigenvalue weighted by Gasteiger charge is -2.04. The molecule has 19 heavy (non-hydrogen) atoms. The Morgan fingerprint density at radius 2 is 2.21 bits per heavy atom. The second-order valence-corrected chi connectivity index (χ2v) is 7.08. The SMILES string of the molecule is O=c1[nH]cnc2c1ncn2CCCSCP(=O)(O)O. The first-order chi connectivity index (χ1) is 8.97. The first kappa shape index (κ1) is 14.3. The van der Waals surface area contributed by atoms with E-state index in [0.717, 1.165) is 0 Å². The van der Waals surface area contributed by atoms with Crippen LogP contribution in [0.25, 0.3) is 11.2 Å². The molecule has 0 aliphatic rings. The highest BCUT2D eigenvalue weighted by Gasteiger charge is 2.12. The van der Waals surface area contributed by atoms with Gasteiger partial charge in [0.2, 0.25) is 0 Å². The first-order valence-electron chi connectivity index (χ1n) is 5.48. The van der Waals surface area contributed by atoms with Gasteiger partial charge >= 0.3 is 7.60 Å². The van der Waals surface area contributed by atoms with Crippen molar-refractivity contribution >= 4 is 30.5 Å². The van der Waals surface area contributed by atoms with Crippen LogP contribution in [0.4, 0.5) is 0 Å². The Morgan fingerprint density at radius 3 is 2.95 bits per heavy atom. The van der Waals surface area contributed by atoms with Gasteiger partial charge in [0, 0.05) is 6.54 Å². The third-order valence-electron chi connectivity index (χ3n) is 2.35. The Balaban J connectivity index is 1.91. The van der Waals surface area contributed by atoms with Crippen molar-refractivity contribution in [3.05, 3.63) is 23.0 Å². The molecule has 0 unspecified atom stereocenters. The summed E-state index contributed by atoms with van der Waals surface area (Å²) in [5.74, 6) is 0.619. The molecule has 0 aliphatic carbocycles. The van der Waals surface area contributed by atoms with E-state index in [2.05, 4.69) is 15.0 Å². The Bertz CT molecular complexity index is 664. The highest BCUT2D eigenvalue weighted by Crippen LogP contribution is 2.38. The van der Waals surface area contributed by atoms with Crippen molar-refractivity contribution in [1.82, 2.24) is 19.5 Å². The number of hydrogen-bond donors (Lipinski definition) is 3. The van der Waals surface area contributed by atoms with E-state index in [1.165, 1.54) is 18.1 Å². The molecule has 0 fully saturated rings. The van der Waals surface area contributed by atoms with Gasteiger partial charge in [-0.15, -0.1) is 11.8 Å². The number of aromatic nitrogens is 4. The zero-order valence-electron chi connectivity index (χ0n) is 9.89. The minimum Gasteiger partial charge on any atom is -0.324 e. The molecule has 0 saturated heterocycles. The number of aryl methyl sites for hydroxylation is 1. The Labute approximate surface area is 112 Å². The van der Waals surface area contributed by atoms with Crippen LogP contribution in [0.1, 0.15) is 6.42 Å². The zero-order valence-corrected chi connectivity index (χ0v) is 11.6. The van der Waals surface area contributed by atoms with Crippen molar-refractivity contribution < 1.29 is 14.4 Å². The van der Waals surface area contributed by atoms with Crippen LogP contribution < -0.4 is 5.56 Å². The Morgan fingerprint density at radius 1 is 1.42 bits per heavy atom. The van der Waals surface area contributed by atoms with E-state index in [0.29, 0.717) is 29.9 Å². The zero-order chi connectivity index (χ0) is 13.9. The summed E-state index contributed by atoms with van der Waals surface area (Å²) in [6.07, 6.45) is 3.58. The molecule has 3 N–H and O–H groups in total. The molecular weight excluding hydrogens is 291 g/mol. The second-order valence-electron chi connectivity index (χ2n) is 3.90. The largest absolute Gasteiger partial charge is 0.335 e. The molecule has 0 atom stereocenters. The van der Waals surface area contributed by atoms with Gasteiger partial charge in [0.15, 0.2) is 11.2 Å². The highest BCUT2D eigenvalue weighted by atomic mass is 32.2. The molecule has 0 aliphatic heterocycles. The quantitative estimate of drug-likeness (QED) is 0.521. The summed E-state index contributed by atoms with van der Waals surface area (Å²) in [5, 5.41) is 0. The van der Waals surface area contributed by atoms with Gasteiger partial charge in [0.05, 0.1) is 18.1 Å². The topological polar surface area (TPSA) is 121 Å². The van der Waals surface area contributed by atoms with Crippen LogP contribution in [-0.2, 0) is 11.1 Å². The number of H-pyrrole nitrogens is 1. The maximum atomic E-state index is 11.4. The fraction of sp³-hybridized carbons (Fsp3) is 0.444. The van der Waals surface area contributed by atoms with Gasteiger partial charge in [-0.3, -0.25) is 9.36 Å². The van der Waals surface area contributed by atoms with Gasteiger partial charge in [-0.25, -0.2) is 9.97 Å². The van der Waals surface area contributed by atoms with Crippen LogP contribution in [0.15, 0.2) is 17.4 Å². The average Bonchev–Trinajstić information content (AvgIpc) is 2.72. The minimum absolute atomic E-state index is 0.171. The van der Waals surface area contributed by atoms with Crippen molar-refractivity contribution in [3.8, 4) is 0 Å². The number of aromatic amines is 1. The standard InChI is InChI=1S/C9H13N4O4PS/c14-9-7-8(10-4-11-9)13(5-12-7)2-1-3-19-6-18(15,16)17/h4-5H,1-3,6H2,(H,10,11,14)(H2,15,16,17). The summed E-state index contributed by atoms with van der Waals surface area (Å²) >= 11 is 1.21. The van der Waals surface area contributed by atoms with Gasteiger partial charge in [0.1, 0.15) is 0 Å². The molecular formula is C9H13N4O4PS. The number of fused-ring (bicyclic) bond motifs is 1. The number of rotatable bonds is 6. The predicted molar refractivity (Wildman–Crippen MR) is 72.1 cm³/mol. The second kappa shape index (κ2) is 5.87. The predicted octanol–water partition coefficient (Wildman–Crippen LogP) is 0.378. The van der Waals surface area contributed by atoms with E-state index >= 15 is 0 Å². The van der Waals surface area contributed by atoms with Gasteiger partial charge in [-0.1, -0.05) is 0 Å². The van der Waals surface area contributed by atoms with Crippen molar-refractivity contribution in [2.24, 2.45) is 0 Å². The third-order valence-corrected chi connectivity index (χ3v) is 5.01. The van der Waals surface area contributed by atoms with Crippen molar-refractivity contribution in [2.45, 2.75) is 13.0 Å². The lowest BCUT2D eigenvalue weighted by molar-refractivity contribution is 0.379. The van der Waals surface area contributed by atoms with Crippen LogP contribution >= 0.6 is 19.4 Å². The number of thioether (sulfide) groups is 1. The molecule has 2 rings (SSSR count). The van der Waals surface area contributed by atoms with Crippen molar-refractivity contribution in [2.75, 3.05) is 11.2 Å². The normalized spacial score (nSPS) is 12.1. The van der Waals surface area contributed by atoms with Crippen molar-refractivity contribution in [1.29, 1.82) is 0 Å². The van der Waals surface area contributed by atoms with Gasteiger partial charge in [0.25, 0.3) is 5.56 Å². The monoisotopic (exact) mass is 304 g/mol. The van der Waals surface area contributed by atoms with Crippen LogP contribution in [0.3, 0.4) is 0 Å². The maximum Gasteiger partial charge on any atom is 0.335 e. The summed E-state index contributed by atoms with van der Waals surface area (Å²) in [5.41, 5.74) is 0.365. The lowest BCUT2D eigenvalue weighted by Crippen LogP contribution is -2.07. The molecule has 0 saturated carbocycles. The number of nitrogens with zero attached hydrogens (tertiary/aromatic N) is 3. The molecule has 2 aromatic rings. The molecule has 0 spiro atoms. The van der Waals surface area contributed by atoms with E-state index < -0.39 is 7.60 Å². The molecule has 2 heterocycles. The fourth-order valence-corrected chi connectivity index (χ4v) is 3.38. The van der Waals surface area contributed by atoms with Crippen LogP contribution in [0.5, 0.6) is 0 Å². The van der Waals surface area contributed by atoms with Gasteiger partial charge < -0.3 is 19.3 Å². The molecule has 0 amide bonds. The summed E-state index contributed by atoms with van der Waals surface area (Å²) in [6.45, 7) is 0.598. The molecule has 104 valence electrons. The molecule has 0 aromatic carbocycles. The number of imidazole rings is 1. The molecule has 10 heteroatoms. The molecule has 0 radical (unpaired) electrons. The number of hydrogen-bond acceptors (Lipinski definition) is 5. The molecule has 0 bridgehead atoms. The summed E-state index contributed by atoms with van der Waals surface area (Å²) in [4.78, 5) is 39.3. The minimum atomic E-state index is -3.93. The third kappa shape index (κ3) is 3.90. The van der Waals surface area contributed by atoms with Gasteiger partial charge in [-0.05, 0) is 12.2 Å². The van der Waals surface area contributed by atoms with E-state index in [-0.39, 0.29) is 11.1 Å². The Kier molecular flexibility index (Phi) is 4.41. The summed E-state index contributed by atoms with van der Waals surface area (Å²) < 4.78 is 12.4. The van der Waals surface area contributed by atoms with Crippen molar-refractivity contribution in [3.63, 3.8) is 0 Å². The summed E-state index contributed by atoms with van der Waals surface area (Å²) in [7, 11) is -3.93. The van der Waals surface area contributed by atoms with Gasteiger partial charge in [-0.2, -0.15) is 0 Å². The van der Waals surface area contributed by atoms with E-state index in [1.54, 1.807) is 10.9 Å². The van der Waals surface area contributed by atoms with E-state index in [1.807, 2.05) is 0 Å². The Hall–Kier alpha value is -1.15. The number of nitrogens with one attached hydrogen (secondary N) is 1. The smallest absolute Gasteiger partial charge is 0.324 e. The van der Waals surface area contributed by atoms with Crippen LogP contribution in [0.2, 0.25) is 0 Å². The average molecular weight is 304 g/mol. The molecule has 8 nitrogen and oxygen atoms in total. The first-order valence-corrected chi connectivity index (χ1v) is 8.43. The van der Waals surface area contributed by atoms with Crippen LogP contribution in [0, 0.1) is 0 Å². The highest BCUT2D eigenvalue weighted by molar-refractivity contribution is 8.04.